The summed E-state index contributed by atoms with van der Waals surface area (Å²) >= 11 is 6.24. The SMILES string of the molecule is CCON=C(Cl)c1cc(C)c(OCc2ccccc2/C(=N\OC)C(=O)NC)cc1C. The van der Waals surface area contributed by atoms with Crippen LogP contribution in [-0.4, -0.2) is 37.6 Å². The maximum atomic E-state index is 12.2. The third-order valence-electron chi connectivity index (χ3n) is 4.30. The Morgan fingerprint density at radius 3 is 2.50 bits per heavy atom. The van der Waals surface area contributed by atoms with Crippen LogP contribution < -0.4 is 10.1 Å². The number of nitrogens with zero attached hydrogens (tertiary/aromatic N) is 2. The minimum Gasteiger partial charge on any atom is -0.489 e. The third kappa shape index (κ3) is 5.73. The van der Waals surface area contributed by atoms with Crippen LogP contribution in [0.4, 0.5) is 0 Å². The smallest absolute Gasteiger partial charge is 0.273 e. The van der Waals surface area contributed by atoms with Crippen molar-refractivity contribution in [3.05, 3.63) is 64.2 Å². The molecule has 0 aliphatic heterocycles. The summed E-state index contributed by atoms with van der Waals surface area (Å²) in [5, 5.41) is 10.6. The van der Waals surface area contributed by atoms with Crippen LogP contribution in [-0.2, 0) is 21.1 Å². The van der Waals surface area contributed by atoms with Gasteiger partial charge in [0, 0.05) is 18.2 Å². The predicted octanol–water partition coefficient (Wildman–Crippen LogP) is 3.92. The van der Waals surface area contributed by atoms with Gasteiger partial charge in [0.25, 0.3) is 5.91 Å². The van der Waals surface area contributed by atoms with E-state index in [1.165, 1.54) is 7.11 Å². The molecule has 1 N–H and O–H groups in total. The van der Waals surface area contributed by atoms with Gasteiger partial charge in [-0.25, -0.2) is 0 Å². The first-order chi connectivity index (χ1) is 14.4. The molecule has 0 fully saturated rings. The number of ether oxygens (including phenoxy) is 1. The van der Waals surface area contributed by atoms with Crippen molar-refractivity contribution < 1.29 is 19.2 Å². The average Bonchev–Trinajstić information content (AvgIpc) is 2.75. The van der Waals surface area contributed by atoms with E-state index in [9.17, 15) is 4.79 Å². The van der Waals surface area contributed by atoms with Crippen LogP contribution in [0.5, 0.6) is 5.75 Å². The summed E-state index contributed by atoms with van der Waals surface area (Å²) < 4.78 is 6.06. The van der Waals surface area contributed by atoms with E-state index in [4.69, 9.17) is 26.0 Å². The molecule has 0 saturated carbocycles. The summed E-state index contributed by atoms with van der Waals surface area (Å²) in [6.07, 6.45) is 0. The summed E-state index contributed by atoms with van der Waals surface area (Å²) in [6, 6.07) is 11.2. The van der Waals surface area contributed by atoms with Gasteiger partial charge in [-0.2, -0.15) is 0 Å². The molecule has 8 heteroatoms. The monoisotopic (exact) mass is 431 g/mol. The molecule has 1 amide bonds. The molecule has 0 saturated heterocycles. The van der Waals surface area contributed by atoms with Gasteiger partial charge >= 0.3 is 0 Å². The number of carbonyl (C=O) groups is 1. The molecule has 0 heterocycles. The molecule has 0 bridgehead atoms. The molecule has 0 aliphatic carbocycles. The van der Waals surface area contributed by atoms with E-state index < -0.39 is 0 Å². The van der Waals surface area contributed by atoms with Crippen LogP contribution in [0.3, 0.4) is 0 Å². The fraction of sp³-hybridized carbons (Fsp3) is 0.318. The molecular formula is C22H26ClN3O4. The van der Waals surface area contributed by atoms with Gasteiger partial charge in [0.15, 0.2) is 10.9 Å². The lowest BCUT2D eigenvalue weighted by atomic mass is 10.0. The number of halogens is 1. The first kappa shape index (κ1) is 23.2. The number of nitrogens with one attached hydrogen (secondary N) is 1. The van der Waals surface area contributed by atoms with Crippen molar-refractivity contribution >= 4 is 28.4 Å². The molecule has 0 atom stereocenters. The van der Waals surface area contributed by atoms with Crippen LogP contribution in [0.25, 0.3) is 0 Å². The van der Waals surface area contributed by atoms with Crippen LogP contribution in [0.15, 0.2) is 46.7 Å². The number of likely N-dealkylation sites (N-methyl/N-ethyl adjacent to an activating group) is 1. The highest BCUT2D eigenvalue weighted by molar-refractivity contribution is 6.69. The minimum atomic E-state index is -0.344. The molecule has 0 radical (unpaired) electrons. The second kappa shape index (κ2) is 11.2. The number of hydrogen-bond donors (Lipinski definition) is 1. The van der Waals surface area contributed by atoms with Crippen LogP contribution in [0, 0.1) is 13.8 Å². The zero-order valence-corrected chi connectivity index (χ0v) is 18.5. The third-order valence-corrected chi connectivity index (χ3v) is 4.57. The number of benzene rings is 2. The van der Waals surface area contributed by atoms with E-state index in [1.54, 1.807) is 13.1 Å². The molecule has 0 aliphatic rings. The van der Waals surface area contributed by atoms with E-state index >= 15 is 0 Å². The number of rotatable bonds is 9. The highest BCUT2D eigenvalue weighted by Gasteiger charge is 2.18. The van der Waals surface area contributed by atoms with Crippen molar-refractivity contribution in [2.24, 2.45) is 10.3 Å². The maximum absolute atomic E-state index is 12.2. The first-order valence-electron chi connectivity index (χ1n) is 9.44. The summed E-state index contributed by atoms with van der Waals surface area (Å²) in [6.45, 7) is 6.38. The van der Waals surface area contributed by atoms with Gasteiger partial charge in [-0.05, 0) is 49.6 Å². The van der Waals surface area contributed by atoms with Crippen molar-refractivity contribution in [2.75, 3.05) is 20.8 Å². The fourth-order valence-corrected chi connectivity index (χ4v) is 3.05. The molecule has 2 rings (SSSR count). The number of oxime groups is 2. The van der Waals surface area contributed by atoms with E-state index in [1.807, 2.05) is 51.1 Å². The van der Waals surface area contributed by atoms with Crippen molar-refractivity contribution in [3.63, 3.8) is 0 Å². The molecule has 2 aromatic carbocycles. The Balaban J connectivity index is 2.29. The van der Waals surface area contributed by atoms with Crippen molar-refractivity contribution in [2.45, 2.75) is 27.4 Å². The molecule has 2 aromatic rings. The highest BCUT2D eigenvalue weighted by Crippen LogP contribution is 2.26. The lowest BCUT2D eigenvalue weighted by molar-refractivity contribution is -0.114. The largest absolute Gasteiger partial charge is 0.489 e. The highest BCUT2D eigenvalue weighted by atomic mass is 35.5. The van der Waals surface area contributed by atoms with E-state index in [2.05, 4.69) is 15.6 Å². The van der Waals surface area contributed by atoms with Gasteiger partial charge in [-0.15, -0.1) is 0 Å². The Bertz CT molecular complexity index is 957. The summed E-state index contributed by atoms with van der Waals surface area (Å²) in [4.78, 5) is 22.1. The van der Waals surface area contributed by atoms with Gasteiger partial charge in [0.05, 0.1) is 0 Å². The topological polar surface area (TPSA) is 81.5 Å². The Labute approximate surface area is 181 Å². The standard InChI is InChI=1S/C22H26ClN3O4/c1-6-30-26-21(23)18-11-15(3)19(12-14(18)2)29-13-16-9-7-8-10-17(16)20(25-28-5)22(27)24-4/h7-12H,6,13H2,1-5H3,(H,24,27)/b25-20+,26-21?. The van der Waals surface area contributed by atoms with E-state index in [0.717, 1.165) is 22.3 Å². The quantitative estimate of drug-likeness (QED) is 0.482. The number of carbonyl (C=O) groups excluding carboxylic acids is 1. The summed E-state index contributed by atoms with van der Waals surface area (Å²) in [5.41, 5.74) is 4.20. The Kier molecular flexibility index (Phi) is 8.68. The van der Waals surface area contributed by atoms with Crippen LogP contribution in [0.1, 0.15) is 34.7 Å². The maximum Gasteiger partial charge on any atom is 0.273 e. The summed E-state index contributed by atoms with van der Waals surface area (Å²) in [5.74, 6) is 0.362. The van der Waals surface area contributed by atoms with Gasteiger partial charge < -0.3 is 19.7 Å². The van der Waals surface area contributed by atoms with Crippen molar-refractivity contribution in [1.82, 2.24) is 5.32 Å². The number of aryl methyl sites for hydroxylation is 2. The van der Waals surface area contributed by atoms with E-state index in [-0.39, 0.29) is 18.2 Å². The second-order valence-electron chi connectivity index (χ2n) is 6.38. The second-order valence-corrected chi connectivity index (χ2v) is 6.74. The Hall–Kier alpha value is -3.06. The molecule has 160 valence electrons. The van der Waals surface area contributed by atoms with Crippen LogP contribution >= 0.6 is 11.6 Å². The van der Waals surface area contributed by atoms with Gasteiger partial charge in [-0.3, -0.25) is 4.79 Å². The zero-order chi connectivity index (χ0) is 22.1. The number of amides is 1. The van der Waals surface area contributed by atoms with Gasteiger partial charge in [0.1, 0.15) is 26.1 Å². The summed E-state index contributed by atoms with van der Waals surface area (Å²) in [7, 11) is 2.94. The molecule has 0 aromatic heterocycles. The molecule has 0 unspecified atom stereocenters. The Morgan fingerprint density at radius 1 is 1.10 bits per heavy atom. The fourth-order valence-electron chi connectivity index (χ4n) is 2.79. The zero-order valence-electron chi connectivity index (χ0n) is 17.8. The van der Waals surface area contributed by atoms with Gasteiger partial charge in [0.2, 0.25) is 0 Å². The normalized spacial score (nSPS) is 11.8. The minimum absolute atomic E-state index is 0.182. The van der Waals surface area contributed by atoms with Crippen molar-refractivity contribution in [3.8, 4) is 5.75 Å². The molecule has 0 spiro atoms. The van der Waals surface area contributed by atoms with E-state index in [0.29, 0.717) is 23.1 Å². The molecule has 7 nitrogen and oxygen atoms in total. The Morgan fingerprint density at radius 2 is 1.83 bits per heavy atom. The van der Waals surface area contributed by atoms with Gasteiger partial charge in [-0.1, -0.05) is 46.2 Å². The lowest BCUT2D eigenvalue weighted by Gasteiger charge is -2.15. The first-order valence-corrected chi connectivity index (χ1v) is 9.82. The number of hydrogen-bond acceptors (Lipinski definition) is 6. The molecule has 30 heavy (non-hydrogen) atoms. The molecular weight excluding hydrogens is 406 g/mol. The average molecular weight is 432 g/mol. The van der Waals surface area contributed by atoms with Crippen LogP contribution in [0.2, 0.25) is 0 Å². The lowest BCUT2D eigenvalue weighted by Crippen LogP contribution is -2.29. The predicted molar refractivity (Wildman–Crippen MR) is 118 cm³/mol. The van der Waals surface area contributed by atoms with Crippen molar-refractivity contribution in [1.29, 1.82) is 0 Å².